The molecule has 0 saturated heterocycles. The van der Waals surface area contributed by atoms with Crippen molar-refractivity contribution in [2.45, 2.75) is 50.6 Å². The summed E-state index contributed by atoms with van der Waals surface area (Å²) in [7, 11) is 0. The zero-order valence-corrected chi connectivity index (χ0v) is 21.4. The molecule has 0 radical (unpaired) electrons. The monoisotopic (exact) mass is 506 g/mol. The number of nitrogens with one attached hydrogen (secondary N) is 1. The van der Waals surface area contributed by atoms with Crippen molar-refractivity contribution in [3.63, 3.8) is 0 Å². The van der Waals surface area contributed by atoms with Gasteiger partial charge in [0.2, 0.25) is 11.1 Å². The van der Waals surface area contributed by atoms with Crippen LogP contribution in [0, 0.1) is 0 Å². The molecule has 0 spiro atoms. The SMILES string of the molecule is CCCn1c2ccccc2c2nnc(SC(CC)C(=O)Nc3nc4ccc(OCC)cc4s3)nc21. The van der Waals surface area contributed by atoms with Gasteiger partial charge in [-0.3, -0.25) is 4.79 Å². The van der Waals surface area contributed by atoms with Gasteiger partial charge in [-0.2, -0.15) is 0 Å². The number of para-hydroxylation sites is 1. The van der Waals surface area contributed by atoms with Gasteiger partial charge in [0.25, 0.3) is 0 Å². The van der Waals surface area contributed by atoms with Crippen molar-refractivity contribution in [2.75, 3.05) is 11.9 Å². The lowest BCUT2D eigenvalue weighted by molar-refractivity contribution is -0.115. The molecular formula is C25H26N6O2S2. The van der Waals surface area contributed by atoms with Crippen molar-refractivity contribution < 1.29 is 9.53 Å². The second kappa shape index (κ2) is 10.2. The van der Waals surface area contributed by atoms with Crippen LogP contribution in [-0.2, 0) is 11.3 Å². The molecule has 0 fully saturated rings. The minimum Gasteiger partial charge on any atom is -0.494 e. The van der Waals surface area contributed by atoms with Gasteiger partial charge in [0, 0.05) is 11.9 Å². The quantitative estimate of drug-likeness (QED) is 0.248. The van der Waals surface area contributed by atoms with E-state index in [1.807, 2.05) is 50.2 Å². The minimum absolute atomic E-state index is 0.126. The summed E-state index contributed by atoms with van der Waals surface area (Å²) in [6.07, 6.45) is 1.60. The van der Waals surface area contributed by atoms with E-state index in [4.69, 9.17) is 9.72 Å². The number of benzene rings is 2. The van der Waals surface area contributed by atoms with E-state index in [0.717, 1.165) is 51.0 Å². The predicted molar refractivity (Wildman–Crippen MR) is 142 cm³/mol. The van der Waals surface area contributed by atoms with Crippen LogP contribution in [-0.4, -0.2) is 42.5 Å². The van der Waals surface area contributed by atoms with Gasteiger partial charge in [-0.1, -0.05) is 55.1 Å². The summed E-state index contributed by atoms with van der Waals surface area (Å²) >= 11 is 2.76. The van der Waals surface area contributed by atoms with E-state index in [0.29, 0.717) is 23.3 Å². The second-order valence-electron chi connectivity index (χ2n) is 8.02. The van der Waals surface area contributed by atoms with Crippen molar-refractivity contribution >= 4 is 66.4 Å². The molecule has 0 aliphatic carbocycles. The number of hydrogen-bond acceptors (Lipinski definition) is 8. The number of nitrogens with zero attached hydrogens (tertiary/aromatic N) is 5. The Kier molecular flexibility index (Phi) is 6.83. The molecule has 0 aliphatic heterocycles. The van der Waals surface area contributed by atoms with Gasteiger partial charge in [0.05, 0.1) is 27.6 Å². The third-order valence-electron chi connectivity index (χ3n) is 5.61. The van der Waals surface area contributed by atoms with Gasteiger partial charge in [-0.25, -0.2) is 9.97 Å². The third kappa shape index (κ3) is 4.68. The van der Waals surface area contributed by atoms with Gasteiger partial charge in [-0.15, -0.1) is 10.2 Å². The molecule has 3 heterocycles. The van der Waals surface area contributed by atoms with Gasteiger partial charge in [-0.05, 0) is 44.0 Å². The van der Waals surface area contributed by atoms with E-state index in [2.05, 4.69) is 38.1 Å². The van der Waals surface area contributed by atoms with Crippen molar-refractivity contribution in [1.29, 1.82) is 0 Å². The van der Waals surface area contributed by atoms with E-state index < -0.39 is 0 Å². The lowest BCUT2D eigenvalue weighted by atomic mass is 10.2. The number of anilines is 1. The first-order valence-corrected chi connectivity index (χ1v) is 13.4. The maximum Gasteiger partial charge on any atom is 0.239 e. The summed E-state index contributed by atoms with van der Waals surface area (Å²) in [4.78, 5) is 22.5. The third-order valence-corrected chi connectivity index (χ3v) is 7.76. The normalized spacial score (nSPS) is 12.4. The van der Waals surface area contributed by atoms with Gasteiger partial charge in [0.15, 0.2) is 10.8 Å². The Bertz CT molecular complexity index is 1510. The van der Waals surface area contributed by atoms with Crippen LogP contribution in [0.25, 0.3) is 32.3 Å². The number of thiazole rings is 1. The zero-order valence-electron chi connectivity index (χ0n) is 19.8. The number of carbonyl (C=O) groups excluding carboxylic acids is 1. The van der Waals surface area contributed by atoms with E-state index >= 15 is 0 Å². The summed E-state index contributed by atoms with van der Waals surface area (Å²) in [5.41, 5.74) is 3.52. The molecule has 10 heteroatoms. The minimum atomic E-state index is -0.371. The van der Waals surface area contributed by atoms with Crippen molar-refractivity contribution in [3.05, 3.63) is 42.5 Å². The van der Waals surface area contributed by atoms with Crippen molar-refractivity contribution in [2.24, 2.45) is 0 Å². The molecule has 8 nitrogen and oxygen atoms in total. The van der Waals surface area contributed by atoms with Crippen LogP contribution in [0.1, 0.15) is 33.6 Å². The highest BCUT2D eigenvalue weighted by Gasteiger charge is 2.22. The van der Waals surface area contributed by atoms with Gasteiger partial charge < -0.3 is 14.6 Å². The first-order valence-electron chi connectivity index (χ1n) is 11.7. The first kappa shape index (κ1) is 23.5. The maximum absolute atomic E-state index is 13.1. The molecule has 1 amide bonds. The van der Waals surface area contributed by atoms with E-state index in [1.54, 1.807) is 0 Å². The summed E-state index contributed by atoms with van der Waals surface area (Å²) in [5.74, 6) is 0.670. The van der Waals surface area contributed by atoms with Crippen molar-refractivity contribution in [1.82, 2.24) is 24.7 Å². The number of aryl methyl sites for hydroxylation is 1. The number of fused-ring (bicyclic) bond motifs is 4. The fourth-order valence-corrected chi connectivity index (χ4v) is 5.75. The molecule has 1 atom stereocenters. The Labute approximate surface area is 211 Å². The summed E-state index contributed by atoms with van der Waals surface area (Å²) in [5, 5.41) is 13.5. The van der Waals surface area contributed by atoms with E-state index in [9.17, 15) is 4.79 Å². The Hall–Kier alpha value is -3.24. The number of amides is 1. The number of thioether (sulfide) groups is 1. The number of rotatable bonds is 9. The molecule has 3 aromatic heterocycles. The van der Waals surface area contributed by atoms with Crippen LogP contribution in [0.15, 0.2) is 47.6 Å². The second-order valence-corrected chi connectivity index (χ2v) is 10.2. The molecule has 180 valence electrons. The molecule has 0 aliphatic rings. The molecule has 5 aromatic rings. The number of hydrogen-bond donors (Lipinski definition) is 1. The Morgan fingerprint density at radius 2 is 2.00 bits per heavy atom. The molecular weight excluding hydrogens is 480 g/mol. The average Bonchev–Trinajstić information content (AvgIpc) is 3.41. The molecule has 1 unspecified atom stereocenters. The standard InChI is InChI=1S/C25H26N6O2S2/c1-4-13-31-18-10-8-7-9-16(18)21-22(31)27-25(30-29-21)34-19(5-2)23(32)28-24-26-17-12-11-15(33-6-3)14-20(17)35-24/h7-12,14,19H,4-6,13H2,1-3H3,(H,26,28,32). The smallest absolute Gasteiger partial charge is 0.239 e. The fraction of sp³-hybridized carbons (Fsp3) is 0.320. The van der Waals surface area contributed by atoms with E-state index in [1.165, 1.54) is 23.1 Å². The summed E-state index contributed by atoms with van der Waals surface area (Å²) < 4.78 is 8.72. The molecule has 0 saturated carbocycles. The summed E-state index contributed by atoms with van der Waals surface area (Å²) in [6, 6.07) is 13.9. The molecule has 5 rings (SSSR count). The fourth-order valence-electron chi connectivity index (χ4n) is 4.04. The lowest BCUT2D eigenvalue weighted by Crippen LogP contribution is -2.24. The highest BCUT2D eigenvalue weighted by molar-refractivity contribution is 8.00. The van der Waals surface area contributed by atoms with Crippen LogP contribution < -0.4 is 10.1 Å². The number of carbonyl (C=O) groups is 1. The van der Waals surface area contributed by atoms with Crippen LogP contribution in [0.5, 0.6) is 5.75 Å². The van der Waals surface area contributed by atoms with Crippen molar-refractivity contribution in [3.8, 4) is 5.75 Å². The first-order chi connectivity index (χ1) is 17.1. The highest BCUT2D eigenvalue weighted by Crippen LogP contribution is 2.32. The van der Waals surface area contributed by atoms with Crippen LogP contribution in [0.2, 0.25) is 0 Å². The van der Waals surface area contributed by atoms with Crippen LogP contribution in [0.3, 0.4) is 0 Å². The Balaban J connectivity index is 1.38. The molecule has 1 N–H and O–H groups in total. The Morgan fingerprint density at radius 3 is 2.80 bits per heavy atom. The molecule has 2 aromatic carbocycles. The van der Waals surface area contributed by atoms with Gasteiger partial charge >= 0.3 is 0 Å². The Morgan fingerprint density at radius 1 is 1.14 bits per heavy atom. The molecule has 35 heavy (non-hydrogen) atoms. The maximum atomic E-state index is 13.1. The predicted octanol–water partition coefficient (Wildman–Crippen LogP) is 5.91. The highest BCUT2D eigenvalue weighted by atomic mass is 32.2. The number of aromatic nitrogens is 5. The van der Waals surface area contributed by atoms with Crippen LogP contribution >= 0.6 is 23.1 Å². The summed E-state index contributed by atoms with van der Waals surface area (Å²) in [6.45, 7) is 7.51. The lowest BCUT2D eigenvalue weighted by Gasteiger charge is -2.12. The number of ether oxygens (including phenoxy) is 1. The topological polar surface area (TPSA) is 94.8 Å². The molecule has 0 bridgehead atoms. The zero-order chi connectivity index (χ0) is 24.4. The van der Waals surface area contributed by atoms with Crippen LogP contribution in [0.4, 0.5) is 5.13 Å². The van der Waals surface area contributed by atoms with Gasteiger partial charge in [0.1, 0.15) is 11.3 Å². The largest absolute Gasteiger partial charge is 0.494 e. The van der Waals surface area contributed by atoms with E-state index in [-0.39, 0.29) is 11.2 Å². The average molecular weight is 507 g/mol.